The van der Waals surface area contributed by atoms with E-state index in [4.69, 9.17) is 11.6 Å². The van der Waals surface area contributed by atoms with Gasteiger partial charge in [0.25, 0.3) is 0 Å². The van der Waals surface area contributed by atoms with Gasteiger partial charge < -0.3 is 5.32 Å². The zero-order valence-electron chi connectivity index (χ0n) is 11.0. The van der Waals surface area contributed by atoms with E-state index in [2.05, 4.69) is 12.2 Å². The Morgan fingerprint density at radius 2 is 1.94 bits per heavy atom. The molecule has 1 N–H and O–H groups in total. The first-order valence-corrected chi connectivity index (χ1v) is 6.41. The number of hydrogen-bond donors (Lipinski definition) is 1. The molecule has 3 heteroatoms. The van der Waals surface area contributed by atoms with Crippen molar-refractivity contribution in [1.82, 2.24) is 0 Å². The number of unbranched alkanes of at least 4 members (excludes halogenated alkanes) is 1. The maximum Gasteiger partial charge on any atom is 0.224 e. The van der Waals surface area contributed by atoms with Gasteiger partial charge in [-0.1, -0.05) is 24.9 Å². The first kappa shape index (κ1) is 14.0. The van der Waals surface area contributed by atoms with E-state index in [1.165, 1.54) is 0 Å². The van der Waals surface area contributed by atoms with Gasteiger partial charge >= 0.3 is 0 Å². The van der Waals surface area contributed by atoms with Gasteiger partial charge in [0.2, 0.25) is 5.91 Å². The van der Waals surface area contributed by atoms with E-state index < -0.39 is 0 Å². The quantitative estimate of drug-likeness (QED) is 0.847. The number of rotatable bonds is 4. The molecule has 17 heavy (non-hydrogen) atoms. The summed E-state index contributed by atoms with van der Waals surface area (Å²) in [6.07, 6.45) is 2.52. The number of hydrogen-bond acceptors (Lipinski definition) is 1. The highest BCUT2D eigenvalue weighted by Gasteiger charge is 2.10. The molecule has 0 fully saturated rings. The van der Waals surface area contributed by atoms with Crippen LogP contribution in [0.1, 0.15) is 42.9 Å². The van der Waals surface area contributed by atoms with Crippen molar-refractivity contribution in [1.29, 1.82) is 0 Å². The van der Waals surface area contributed by atoms with Crippen LogP contribution >= 0.6 is 11.6 Å². The summed E-state index contributed by atoms with van der Waals surface area (Å²) in [5.74, 6) is 0.0641. The number of halogens is 1. The van der Waals surface area contributed by atoms with Crippen LogP contribution in [0.5, 0.6) is 0 Å². The summed E-state index contributed by atoms with van der Waals surface area (Å²) in [5.41, 5.74) is 3.96. The third-order valence-electron chi connectivity index (χ3n) is 3.05. The summed E-state index contributed by atoms with van der Waals surface area (Å²) in [6, 6.07) is 1.99. The third-order valence-corrected chi connectivity index (χ3v) is 3.61. The molecule has 0 aromatic heterocycles. The van der Waals surface area contributed by atoms with Crippen LogP contribution in [0.4, 0.5) is 5.69 Å². The van der Waals surface area contributed by atoms with Crippen LogP contribution in [0.3, 0.4) is 0 Å². The molecule has 0 radical (unpaired) electrons. The van der Waals surface area contributed by atoms with Crippen molar-refractivity contribution in [2.75, 3.05) is 5.32 Å². The van der Waals surface area contributed by atoms with Gasteiger partial charge in [-0.25, -0.2) is 0 Å². The number of aryl methyl sites for hydroxylation is 1. The molecule has 1 rings (SSSR count). The molecule has 0 saturated carbocycles. The van der Waals surface area contributed by atoms with Gasteiger partial charge in [-0.05, 0) is 49.9 Å². The minimum atomic E-state index is 0.0641. The summed E-state index contributed by atoms with van der Waals surface area (Å²) in [6.45, 7) is 8.01. The molecule has 0 saturated heterocycles. The fraction of sp³-hybridized carbons (Fsp3) is 0.500. The Bertz CT molecular complexity index is 427. The number of carbonyl (C=O) groups excluding carboxylic acids is 1. The topological polar surface area (TPSA) is 29.1 Å². The average molecular weight is 254 g/mol. The molecule has 94 valence electrons. The van der Waals surface area contributed by atoms with Gasteiger partial charge in [-0.15, -0.1) is 0 Å². The van der Waals surface area contributed by atoms with Gasteiger partial charge in [-0.2, -0.15) is 0 Å². The Morgan fingerprint density at radius 3 is 2.53 bits per heavy atom. The fourth-order valence-corrected chi connectivity index (χ4v) is 1.94. The Hall–Kier alpha value is -1.02. The Morgan fingerprint density at radius 1 is 1.29 bits per heavy atom. The first-order chi connectivity index (χ1) is 7.97. The lowest BCUT2D eigenvalue weighted by atomic mass is 10.0. The molecule has 0 atom stereocenters. The van der Waals surface area contributed by atoms with Gasteiger partial charge in [-0.3, -0.25) is 4.79 Å². The van der Waals surface area contributed by atoms with Crippen molar-refractivity contribution in [2.45, 2.75) is 47.0 Å². The number of carbonyl (C=O) groups is 1. The molecule has 0 spiro atoms. The summed E-state index contributed by atoms with van der Waals surface area (Å²) in [7, 11) is 0. The zero-order chi connectivity index (χ0) is 13.0. The van der Waals surface area contributed by atoms with Gasteiger partial charge in [0.15, 0.2) is 0 Å². The Kier molecular flexibility index (Phi) is 5.01. The molecule has 1 aromatic carbocycles. The minimum Gasteiger partial charge on any atom is -0.326 e. The molecule has 1 aromatic rings. The lowest BCUT2D eigenvalue weighted by Gasteiger charge is -2.13. The summed E-state index contributed by atoms with van der Waals surface area (Å²) < 4.78 is 0. The van der Waals surface area contributed by atoms with Crippen molar-refractivity contribution in [3.63, 3.8) is 0 Å². The lowest BCUT2D eigenvalue weighted by Crippen LogP contribution is -2.12. The number of nitrogens with one attached hydrogen (secondary N) is 1. The van der Waals surface area contributed by atoms with Gasteiger partial charge in [0.1, 0.15) is 0 Å². The van der Waals surface area contributed by atoms with E-state index in [0.29, 0.717) is 6.42 Å². The van der Waals surface area contributed by atoms with E-state index in [9.17, 15) is 4.79 Å². The molecule has 0 aliphatic heterocycles. The molecule has 0 unspecified atom stereocenters. The number of benzene rings is 1. The molecule has 0 bridgehead atoms. The molecular formula is C14H20ClNO. The SMILES string of the molecule is CCCCC(=O)Nc1cc(C)c(C)c(Cl)c1C. The lowest BCUT2D eigenvalue weighted by molar-refractivity contribution is -0.116. The molecule has 0 aliphatic carbocycles. The highest BCUT2D eigenvalue weighted by molar-refractivity contribution is 6.32. The second-order valence-corrected chi connectivity index (χ2v) is 4.83. The number of anilines is 1. The Labute approximate surface area is 108 Å². The van der Waals surface area contributed by atoms with Gasteiger partial charge in [0, 0.05) is 17.1 Å². The van der Waals surface area contributed by atoms with E-state index >= 15 is 0 Å². The summed E-state index contributed by atoms with van der Waals surface area (Å²) in [5, 5.41) is 3.68. The van der Waals surface area contributed by atoms with Crippen LogP contribution in [0.2, 0.25) is 5.02 Å². The van der Waals surface area contributed by atoms with Crippen molar-refractivity contribution in [3.8, 4) is 0 Å². The molecule has 0 aliphatic rings. The monoisotopic (exact) mass is 253 g/mol. The highest BCUT2D eigenvalue weighted by atomic mass is 35.5. The standard InChI is InChI=1S/C14H20ClNO/c1-5-6-7-13(17)16-12-8-9(2)10(3)14(15)11(12)4/h8H,5-7H2,1-4H3,(H,16,17). The average Bonchev–Trinajstić information content (AvgIpc) is 2.30. The third kappa shape index (κ3) is 3.47. The van der Waals surface area contributed by atoms with Crippen LogP contribution in [0, 0.1) is 20.8 Å². The predicted octanol–water partition coefficient (Wildman–Crippen LogP) is 4.39. The minimum absolute atomic E-state index is 0.0641. The largest absolute Gasteiger partial charge is 0.326 e. The van der Waals surface area contributed by atoms with Crippen LogP contribution in [0.15, 0.2) is 6.07 Å². The van der Waals surface area contributed by atoms with Crippen LogP contribution in [0.25, 0.3) is 0 Å². The van der Waals surface area contributed by atoms with Crippen LogP contribution in [-0.2, 0) is 4.79 Å². The molecule has 2 nitrogen and oxygen atoms in total. The summed E-state index contributed by atoms with van der Waals surface area (Å²) in [4.78, 5) is 11.7. The summed E-state index contributed by atoms with van der Waals surface area (Å²) >= 11 is 6.22. The first-order valence-electron chi connectivity index (χ1n) is 6.03. The number of amides is 1. The molecule has 0 heterocycles. The predicted molar refractivity (Wildman–Crippen MR) is 73.8 cm³/mol. The maximum absolute atomic E-state index is 11.7. The molecular weight excluding hydrogens is 234 g/mol. The van der Waals surface area contributed by atoms with E-state index in [1.807, 2.05) is 26.8 Å². The van der Waals surface area contributed by atoms with Crippen molar-refractivity contribution in [2.24, 2.45) is 0 Å². The van der Waals surface area contributed by atoms with E-state index in [1.54, 1.807) is 0 Å². The second-order valence-electron chi connectivity index (χ2n) is 4.46. The van der Waals surface area contributed by atoms with E-state index in [0.717, 1.165) is 40.2 Å². The maximum atomic E-state index is 11.7. The van der Waals surface area contributed by atoms with Crippen LogP contribution < -0.4 is 5.32 Å². The van der Waals surface area contributed by atoms with Gasteiger partial charge in [0.05, 0.1) is 0 Å². The van der Waals surface area contributed by atoms with Crippen molar-refractivity contribution in [3.05, 3.63) is 27.8 Å². The second kappa shape index (κ2) is 6.06. The van der Waals surface area contributed by atoms with Crippen molar-refractivity contribution >= 4 is 23.2 Å². The normalized spacial score (nSPS) is 10.4. The molecule has 1 amide bonds. The van der Waals surface area contributed by atoms with E-state index in [-0.39, 0.29) is 5.91 Å². The van der Waals surface area contributed by atoms with Crippen LogP contribution in [-0.4, -0.2) is 5.91 Å². The Balaban J connectivity index is 2.89. The van der Waals surface area contributed by atoms with Crippen molar-refractivity contribution < 1.29 is 4.79 Å². The highest BCUT2D eigenvalue weighted by Crippen LogP contribution is 2.29. The smallest absolute Gasteiger partial charge is 0.224 e. The fourth-order valence-electron chi connectivity index (χ4n) is 1.69. The zero-order valence-corrected chi connectivity index (χ0v) is 11.7.